The van der Waals surface area contributed by atoms with Crippen molar-refractivity contribution in [3.05, 3.63) is 10.8 Å². The highest BCUT2D eigenvalue weighted by atomic mass is 32.1. The Morgan fingerprint density at radius 1 is 1.10 bits per heavy atom. The summed E-state index contributed by atoms with van der Waals surface area (Å²) >= 11 is 1.27. The zero-order valence-electron chi connectivity index (χ0n) is 13.3. The number of ether oxygens (including phenoxy) is 1. The predicted octanol–water partition coefficient (Wildman–Crippen LogP) is 5.71. The minimum Gasteiger partial charge on any atom is -0.491 e. The molecule has 0 bridgehead atoms. The Labute approximate surface area is 126 Å². The fourth-order valence-corrected chi connectivity index (χ4v) is 3.61. The van der Waals surface area contributed by atoms with Crippen LogP contribution in [0.3, 0.4) is 0 Å². The predicted molar refractivity (Wildman–Crippen MR) is 84.3 cm³/mol. The molecule has 0 aliphatic carbocycles. The number of methoxy groups -OCH3 is 1. The third-order valence-corrected chi connectivity index (χ3v) is 5.14. The minimum atomic E-state index is -0.455. The number of nitrogens with zero attached hydrogens (tertiary/aromatic N) is 1. The minimum absolute atomic E-state index is 0.00288. The molecule has 0 saturated heterocycles. The lowest BCUT2D eigenvalue weighted by Gasteiger charge is -2.29. The van der Waals surface area contributed by atoms with Gasteiger partial charge in [-0.3, -0.25) is 0 Å². The molecule has 0 spiro atoms. The van der Waals surface area contributed by atoms with E-state index >= 15 is 0 Å². The van der Waals surface area contributed by atoms with Crippen molar-refractivity contribution in [2.45, 2.75) is 77.6 Å². The van der Waals surface area contributed by atoms with Crippen LogP contribution in [0.5, 0.6) is 5.75 Å². The molecule has 1 atom stereocenters. The van der Waals surface area contributed by atoms with E-state index in [1.165, 1.54) is 44.3 Å². The van der Waals surface area contributed by atoms with E-state index in [-0.39, 0.29) is 5.41 Å². The summed E-state index contributed by atoms with van der Waals surface area (Å²) in [5.41, 5.74) is -0.00288. The van der Waals surface area contributed by atoms with Crippen LogP contribution in [0.15, 0.2) is 0 Å². The summed E-state index contributed by atoms with van der Waals surface area (Å²) in [6.45, 7) is 6.66. The average Bonchev–Trinajstić information content (AvgIpc) is 2.83. The first-order valence-corrected chi connectivity index (χ1v) is 8.56. The second kappa shape index (κ2) is 8.60. The highest BCUT2D eigenvalue weighted by molar-refractivity contribution is 7.06. The van der Waals surface area contributed by atoms with Gasteiger partial charge in [-0.2, -0.15) is 8.76 Å². The quantitative estimate of drug-likeness (QED) is 0.516. The highest BCUT2D eigenvalue weighted by Crippen LogP contribution is 2.43. The van der Waals surface area contributed by atoms with Gasteiger partial charge < -0.3 is 4.74 Å². The molecule has 1 rings (SSSR count). The SMILES string of the molecule is CCCCCCC(C)(CCCC)c1snc(F)c1OC. The van der Waals surface area contributed by atoms with Crippen molar-refractivity contribution in [2.24, 2.45) is 0 Å². The maximum Gasteiger partial charge on any atom is 0.267 e. The molecule has 1 aromatic heterocycles. The molecule has 1 heterocycles. The Balaban J connectivity index is 2.85. The van der Waals surface area contributed by atoms with E-state index in [9.17, 15) is 4.39 Å². The number of hydrogen-bond donors (Lipinski definition) is 0. The van der Waals surface area contributed by atoms with Gasteiger partial charge in [0.25, 0.3) is 5.95 Å². The van der Waals surface area contributed by atoms with Gasteiger partial charge in [-0.1, -0.05) is 59.3 Å². The largest absolute Gasteiger partial charge is 0.491 e. The van der Waals surface area contributed by atoms with Gasteiger partial charge in [-0.05, 0) is 24.4 Å². The molecule has 0 aliphatic heterocycles. The molecule has 4 heteroatoms. The first-order chi connectivity index (χ1) is 9.59. The number of rotatable bonds is 10. The highest BCUT2D eigenvalue weighted by Gasteiger charge is 2.33. The zero-order valence-corrected chi connectivity index (χ0v) is 14.1. The van der Waals surface area contributed by atoms with E-state index in [0.717, 1.165) is 30.6 Å². The Kier molecular flexibility index (Phi) is 7.49. The van der Waals surface area contributed by atoms with Crippen LogP contribution in [0, 0.1) is 5.95 Å². The zero-order chi connectivity index (χ0) is 15.0. The Morgan fingerprint density at radius 2 is 1.75 bits per heavy atom. The topological polar surface area (TPSA) is 22.1 Å². The fourth-order valence-electron chi connectivity index (χ4n) is 2.68. The molecule has 0 amide bonds. The number of unbranched alkanes of at least 4 members (excludes halogenated alkanes) is 4. The van der Waals surface area contributed by atoms with Crippen LogP contribution < -0.4 is 4.74 Å². The molecule has 0 N–H and O–H groups in total. The van der Waals surface area contributed by atoms with Gasteiger partial charge in [-0.15, -0.1) is 0 Å². The molecular formula is C16H28FNOS. The Bertz CT molecular complexity index is 394. The Hall–Kier alpha value is -0.640. The number of hydrogen-bond acceptors (Lipinski definition) is 3. The van der Waals surface area contributed by atoms with Gasteiger partial charge >= 0.3 is 0 Å². The third kappa shape index (κ3) is 4.44. The first-order valence-electron chi connectivity index (χ1n) is 7.78. The second-order valence-corrected chi connectivity index (χ2v) is 6.58. The van der Waals surface area contributed by atoms with E-state index in [1.807, 2.05) is 0 Å². The van der Waals surface area contributed by atoms with E-state index in [1.54, 1.807) is 0 Å². The monoisotopic (exact) mass is 301 g/mol. The van der Waals surface area contributed by atoms with Crippen LogP contribution >= 0.6 is 11.5 Å². The molecule has 0 aliphatic rings. The second-order valence-electron chi connectivity index (χ2n) is 5.81. The van der Waals surface area contributed by atoms with Crippen molar-refractivity contribution in [1.29, 1.82) is 0 Å². The summed E-state index contributed by atoms with van der Waals surface area (Å²) in [4.78, 5) is 0.988. The summed E-state index contributed by atoms with van der Waals surface area (Å²) in [7, 11) is 1.54. The summed E-state index contributed by atoms with van der Waals surface area (Å²) in [5, 5.41) is 0. The van der Waals surface area contributed by atoms with Crippen LogP contribution in [0.25, 0.3) is 0 Å². The summed E-state index contributed by atoms with van der Waals surface area (Å²) in [6.07, 6.45) is 9.44. The smallest absolute Gasteiger partial charge is 0.267 e. The van der Waals surface area contributed by atoms with Crippen LogP contribution in [-0.4, -0.2) is 11.5 Å². The van der Waals surface area contributed by atoms with Gasteiger partial charge in [0.1, 0.15) is 0 Å². The van der Waals surface area contributed by atoms with Crippen molar-refractivity contribution in [3.63, 3.8) is 0 Å². The molecule has 1 aromatic rings. The van der Waals surface area contributed by atoms with Gasteiger partial charge in [-0.25, -0.2) is 0 Å². The lowest BCUT2D eigenvalue weighted by molar-refractivity contribution is 0.336. The molecule has 0 fully saturated rings. The van der Waals surface area contributed by atoms with Gasteiger partial charge in [0.2, 0.25) is 0 Å². The lowest BCUT2D eigenvalue weighted by Crippen LogP contribution is -2.21. The van der Waals surface area contributed by atoms with E-state index in [4.69, 9.17) is 4.74 Å². The van der Waals surface area contributed by atoms with Gasteiger partial charge in [0.05, 0.1) is 12.0 Å². The average molecular weight is 301 g/mol. The van der Waals surface area contributed by atoms with Crippen LogP contribution in [-0.2, 0) is 5.41 Å². The van der Waals surface area contributed by atoms with Crippen LogP contribution in [0.4, 0.5) is 4.39 Å². The van der Waals surface area contributed by atoms with Crippen molar-refractivity contribution >= 4 is 11.5 Å². The molecule has 116 valence electrons. The summed E-state index contributed by atoms with van der Waals surface area (Å²) < 4.78 is 22.8. The number of halogens is 1. The van der Waals surface area contributed by atoms with E-state index in [0.29, 0.717) is 5.75 Å². The molecule has 0 radical (unpaired) electrons. The third-order valence-electron chi connectivity index (χ3n) is 4.03. The lowest BCUT2D eigenvalue weighted by atomic mass is 9.78. The number of aromatic nitrogens is 1. The van der Waals surface area contributed by atoms with Gasteiger partial charge in [0, 0.05) is 5.41 Å². The van der Waals surface area contributed by atoms with Crippen LogP contribution in [0.1, 0.15) is 77.0 Å². The maximum absolute atomic E-state index is 13.7. The summed E-state index contributed by atoms with van der Waals surface area (Å²) in [5.74, 6) is -0.0899. The van der Waals surface area contributed by atoms with Crippen LogP contribution in [0.2, 0.25) is 0 Å². The van der Waals surface area contributed by atoms with E-state index < -0.39 is 5.95 Å². The molecular weight excluding hydrogens is 273 g/mol. The van der Waals surface area contributed by atoms with Crippen molar-refractivity contribution in [2.75, 3.05) is 7.11 Å². The summed E-state index contributed by atoms with van der Waals surface area (Å²) in [6, 6.07) is 0. The van der Waals surface area contributed by atoms with Crippen molar-refractivity contribution in [3.8, 4) is 5.75 Å². The maximum atomic E-state index is 13.7. The normalized spacial score (nSPS) is 14.2. The van der Waals surface area contributed by atoms with Crippen molar-refractivity contribution in [1.82, 2.24) is 4.37 Å². The standard InChI is InChI=1S/C16H28FNOS/c1-5-7-9-10-12-16(3,11-8-6-2)14-13(19-4)15(17)18-20-14/h5-12H2,1-4H3. The molecule has 2 nitrogen and oxygen atoms in total. The molecule has 0 saturated carbocycles. The molecule has 20 heavy (non-hydrogen) atoms. The van der Waals surface area contributed by atoms with Gasteiger partial charge in [0.15, 0.2) is 5.75 Å². The fraction of sp³-hybridized carbons (Fsp3) is 0.812. The molecule has 0 aromatic carbocycles. The van der Waals surface area contributed by atoms with E-state index in [2.05, 4.69) is 25.1 Å². The van der Waals surface area contributed by atoms with Crippen molar-refractivity contribution < 1.29 is 9.13 Å². The first kappa shape index (κ1) is 17.4. The Morgan fingerprint density at radius 3 is 2.35 bits per heavy atom. The molecule has 1 unspecified atom stereocenters.